The average molecular weight is 511 g/mol. The van der Waals surface area contributed by atoms with E-state index in [2.05, 4.69) is 20.8 Å². The minimum Gasteiger partial charge on any atom is -0.493 e. The van der Waals surface area contributed by atoms with Crippen LogP contribution >= 0.6 is 23.8 Å². The number of halogens is 1. The van der Waals surface area contributed by atoms with Gasteiger partial charge >= 0.3 is 0 Å². The van der Waals surface area contributed by atoms with Crippen LogP contribution < -0.4 is 20.1 Å². The Bertz CT molecular complexity index is 1350. The maximum atomic E-state index is 6.26. The molecule has 10 heteroatoms. The van der Waals surface area contributed by atoms with Crippen LogP contribution in [-0.4, -0.2) is 38.9 Å². The Morgan fingerprint density at radius 2 is 1.74 bits per heavy atom. The number of nitrogens with one attached hydrogen (secondary N) is 2. The molecular weight excluding hydrogens is 484 g/mol. The van der Waals surface area contributed by atoms with Crippen molar-refractivity contribution in [3.05, 3.63) is 82.3 Å². The van der Waals surface area contributed by atoms with Gasteiger partial charge in [-0.05, 0) is 55.4 Å². The lowest BCUT2D eigenvalue weighted by atomic mass is 10.2. The van der Waals surface area contributed by atoms with E-state index in [-0.39, 0.29) is 0 Å². The fraction of sp³-hybridized carbons (Fsp3) is 0.240. The first kappa shape index (κ1) is 24.6. The van der Waals surface area contributed by atoms with Crippen LogP contribution in [0.5, 0.6) is 11.5 Å². The molecule has 0 aliphatic carbocycles. The van der Waals surface area contributed by atoms with Gasteiger partial charge < -0.3 is 20.1 Å². The van der Waals surface area contributed by atoms with Crippen LogP contribution in [0.3, 0.4) is 0 Å². The molecule has 0 atom stereocenters. The molecule has 182 valence electrons. The second-order valence-corrected chi connectivity index (χ2v) is 8.78. The first-order valence-corrected chi connectivity index (χ1v) is 11.8. The number of ether oxygens (including phenoxy) is 2. The van der Waals surface area contributed by atoms with Crippen molar-refractivity contribution in [2.24, 2.45) is 0 Å². The minimum absolute atomic E-state index is 0.435. The van der Waals surface area contributed by atoms with Gasteiger partial charge in [-0.25, -0.2) is 0 Å². The zero-order valence-electron chi connectivity index (χ0n) is 20.0. The number of hydrogen-bond donors (Lipinski definition) is 2. The molecule has 0 aliphatic rings. The summed E-state index contributed by atoms with van der Waals surface area (Å²) in [7, 11) is 3.25. The van der Waals surface area contributed by atoms with E-state index < -0.39 is 0 Å². The largest absolute Gasteiger partial charge is 0.493 e. The van der Waals surface area contributed by atoms with Crippen LogP contribution in [0.2, 0.25) is 5.02 Å². The van der Waals surface area contributed by atoms with E-state index in [1.165, 1.54) is 0 Å². The summed E-state index contributed by atoms with van der Waals surface area (Å²) >= 11 is 11.8. The molecule has 0 radical (unpaired) electrons. The highest BCUT2D eigenvalue weighted by atomic mass is 35.5. The van der Waals surface area contributed by atoms with Crippen LogP contribution in [0, 0.1) is 13.8 Å². The summed E-state index contributed by atoms with van der Waals surface area (Å²) in [5, 5.41) is 16.8. The van der Waals surface area contributed by atoms with Crippen LogP contribution in [0.15, 0.2) is 54.7 Å². The molecule has 0 aliphatic heterocycles. The van der Waals surface area contributed by atoms with E-state index in [9.17, 15) is 0 Å². The molecule has 35 heavy (non-hydrogen) atoms. The second kappa shape index (κ2) is 10.8. The molecule has 2 aromatic carbocycles. The van der Waals surface area contributed by atoms with Crippen molar-refractivity contribution in [2.75, 3.05) is 24.9 Å². The topological polar surface area (TPSA) is 78.2 Å². The maximum Gasteiger partial charge on any atom is 0.176 e. The highest BCUT2D eigenvalue weighted by Gasteiger charge is 2.15. The van der Waals surface area contributed by atoms with Crippen molar-refractivity contribution in [2.45, 2.75) is 26.9 Å². The molecule has 0 saturated heterocycles. The number of aryl methyl sites for hydroxylation is 1. The number of nitrogens with zero attached hydrogens (tertiary/aromatic N) is 4. The number of rotatable bonds is 8. The number of hydrogen-bond acceptors (Lipinski definition) is 5. The number of methoxy groups -OCH3 is 2. The predicted octanol–water partition coefficient (Wildman–Crippen LogP) is 5.27. The van der Waals surface area contributed by atoms with Crippen molar-refractivity contribution in [1.82, 2.24) is 19.6 Å². The van der Waals surface area contributed by atoms with Crippen molar-refractivity contribution in [3.63, 3.8) is 0 Å². The van der Waals surface area contributed by atoms with Crippen molar-refractivity contribution < 1.29 is 9.47 Å². The minimum atomic E-state index is 0.435. The van der Waals surface area contributed by atoms with Crippen molar-refractivity contribution in [1.29, 1.82) is 0 Å². The number of anilines is 2. The Labute approximate surface area is 214 Å². The standard InChI is InChI=1S/C25H27ClN6O2S/c1-16-24(17(2)32(29-16)14-18-9-10-21(33-3)22(13-18)34-4)28-25(35)27-23-11-12-31(30-23)15-19-7-5-6-8-20(19)26/h5-13H,14-15H2,1-4H3,(H2,27,28,30,35). The van der Waals surface area contributed by atoms with Gasteiger partial charge in [0.2, 0.25) is 0 Å². The van der Waals surface area contributed by atoms with Crippen LogP contribution in [0.25, 0.3) is 0 Å². The Morgan fingerprint density at radius 1 is 0.971 bits per heavy atom. The first-order valence-electron chi connectivity index (χ1n) is 11.0. The molecule has 8 nitrogen and oxygen atoms in total. The molecule has 2 aromatic heterocycles. The van der Waals surface area contributed by atoms with Crippen molar-refractivity contribution >= 4 is 40.4 Å². The summed E-state index contributed by atoms with van der Waals surface area (Å²) in [6, 6.07) is 15.4. The third kappa shape index (κ3) is 5.75. The van der Waals surface area contributed by atoms with Gasteiger partial charge in [0, 0.05) is 17.3 Å². The fourth-order valence-corrected chi connectivity index (χ4v) is 4.16. The quantitative estimate of drug-likeness (QED) is 0.312. The third-order valence-corrected chi connectivity index (χ3v) is 6.15. The molecule has 4 rings (SSSR count). The van der Waals surface area contributed by atoms with E-state index in [0.717, 1.165) is 28.2 Å². The van der Waals surface area contributed by atoms with E-state index in [0.29, 0.717) is 40.5 Å². The zero-order chi connectivity index (χ0) is 24.9. The Hall–Kier alpha value is -3.56. The van der Waals surface area contributed by atoms with E-state index in [1.807, 2.05) is 77.9 Å². The number of thiocarbonyl (C=S) groups is 1. The summed E-state index contributed by atoms with van der Waals surface area (Å²) in [5.74, 6) is 2.02. The lowest BCUT2D eigenvalue weighted by Crippen LogP contribution is -2.20. The Balaban J connectivity index is 1.41. The third-order valence-electron chi connectivity index (χ3n) is 5.57. The summed E-state index contributed by atoms with van der Waals surface area (Å²) in [6.45, 7) is 5.11. The molecule has 0 amide bonds. The zero-order valence-corrected chi connectivity index (χ0v) is 21.6. The number of aromatic nitrogens is 4. The normalized spacial score (nSPS) is 10.8. The molecule has 0 bridgehead atoms. The molecule has 0 spiro atoms. The van der Waals surface area contributed by atoms with Gasteiger partial charge in [0.05, 0.1) is 44.4 Å². The molecule has 0 fully saturated rings. The van der Waals surface area contributed by atoms with Crippen LogP contribution in [0.1, 0.15) is 22.5 Å². The average Bonchev–Trinajstić information content (AvgIpc) is 3.39. The predicted molar refractivity (Wildman–Crippen MR) is 143 cm³/mol. The summed E-state index contributed by atoms with van der Waals surface area (Å²) in [4.78, 5) is 0. The van der Waals surface area contributed by atoms with E-state index in [1.54, 1.807) is 14.2 Å². The first-order chi connectivity index (χ1) is 16.9. The van der Waals surface area contributed by atoms with Crippen LogP contribution in [-0.2, 0) is 13.1 Å². The van der Waals surface area contributed by atoms with Gasteiger partial charge in [0.1, 0.15) is 0 Å². The molecule has 2 N–H and O–H groups in total. The molecule has 2 heterocycles. The molecule has 4 aromatic rings. The molecule has 0 unspecified atom stereocenters. The Morgan fingerprint density at radius 3 is 2.49 bits per heavy atom. The van der Waals surface area contributed by atoms with Gasteiger partial charge in [-0.1, -0.05) is 35.9 Å². The van der Waals surface area contributed by atoms with Gasteiger partial charge in [-0.3, -0.25) is 9.36 Å². The molecule has 0 saturated carbocycles. The van der Waals surface area contributed by atoms with Gasteiger partial charge in [0.15, 0.2) is 22.4 Å². The number of benzene rings is 2. The van der Waals surface area contributed by atoms with Gasteiger partial charge in [-0.15, -0.1) is 0 Å². The van der Waals surface area contributed by atoms with Crippen molar-refractivity contribution in [3.8, 4) is 11.5 Å². The smallest absolute Gasteiger partial charge is 0.176 e. The van der Waals surface area contributed by atoms with E-state index in [4.69, 9.17) is 33.3 Å². The van der Waals surface area contributed by atoms with E-state index >= 15 is 0 Å². The van der Waals surface area contributed by atoms with Gasteiger partial charge in [0.25, 0.3) is 0 Å². The summed E-state index contributed by atoms with van der Waals surface area (Å²) < 4.78 is 14.5. The fourth-order valence-electron chi connectivity index (χ4n) is 3.76. The summed E-state index contributed by atoms with van der Waals surface area (Å²) in [6.07, 6.45) is 1.88. The molecular formula is C25H27ClN6O2S. The second-order valence-electron chi connectivity index (χ2n) is 7.96. The highest BCUT2D eigenvalue weighted by molar-refractivity contribution is 7.80. The van der Waals surface area contributed by atoms with Gasteiger partial charge in [-0.2, -0.15) is 10.2 Å². The Kier molecular flexibility index (Phi) is 7.57. The maximum absolute atomic E-state index is 6.26. The summed E-state index contributed by atoms with van der Waals surface area (Å²) in [5.41, 5.74) is 4.71. The van der Waals surface area contributed by atoms with Crippen LogP contribution in [0.4, 0.5) is 11.5 Å². The monoisotopic (exact) mass is 510 g/mol. The lowest BCUT2D eigenvalue weighted by Gasteiger charge is -2.11. The highest BCUT2D eigenvalue weighted by Crippen LogP contribution is 2.28. The SMILES string of the molecule is COc1ccc(Cn2nc(C)c(NC(=S)Nc3ccn(Cc4ccccc4Cl)n3)c2C)cc1OC. The lowest BCUT2D eigenvalue weighted by molar-refractivity contribution is 0.354.